The summed E-state index contributed by atoms with van der Waals surface area (Å²) in [5.41, 5.74) is 0.0140. The van der Waals surface area contributed by atoms with Gasteiger partial charge in [0.2, 0.25) is 0 Å². The van der Waals surface area contributed by atoms with Gasteiger partial charge < -0.3 is 15.2 Å². The van der Waals surface area contributed by atoms with Crippen LogP contribution >= 0.6 is 0 Å². The fourth-order valence-corrected chi connectivity index (χ4v) is 0.918. The van der Waals surface area contributed by atoms with Crippen LogP contribution in [0.3, 0.4) is 0 Å². The van der Waals surface area contributed by atoms with E-state index in [-0.39, 0.29) is 18.1 Å². The Balaban J connectivity index is 4.04. The molecule has 0 aromatic heterocycles. The zero-order chi connectivity index (χ0) is 11.9. The second-order valence-electron chi connectivity index (χ2n) is 3.75. The smallest absolute Gasteiger partial charge is 0.334 e. The lowest BCUT2D eigenvalue weighted by molar-refractivity contribution is -0.138. The van der Waals surface area contributed by atoms with E-state index in [2.05, 4.69) is 11.9 Å². The summed E-state index contributed by atoms with van der Waals surface area (Å²) in [7, 11) is 0. The standard InChI is InChI=1S/C11H21NO3/c1-5-11(4,8-13)12-7-9(3)10(14)15-6-2/h12-13H,3,5-8H2,1-2,4H3. The highest BCUT2D eigenvalue weighted by atomic mass is 16.5. The van der Waals surface area contributed by atoms with Crippen LogP contribution in [0.2, 0.25) is 0 Å². The highest BCUT2D eigenvalue weighted by Gasteiger charge is 2.21. The molecule has 0 aliphatic heterocycles. The first-order valence-corrected chi connectivity index (χ1v) is 5.20. The second kappa shape index (κ2) is 6.58. The maximum Gasteiger partial charge on any atom is 0.334 e. The molecular formula is C11H21NO3. The molecule has 0 saturated heterocycles. The molecule has 15 heavy (non-hydrogen) atoms. The Kier molecular flexibility index (Phi) is 6.20. The van der Waals surface area contributed by atoms with E-state index in [1.807, 2.05) is 13.8 Å². The molecular weight excluding hydrogens is 194 g/mol. The van der Waals surface area contributed by atoms with Gasteiger partial charge in [0.25, 0.3) is 0 Å². The van der Waals surface area contributed by atoms with E-state index in [9.17, 15) is 4.79 Å². The Bertz CT molecular complexity index is 222. The van der Waals surface area contributed by atoms with Gasteiger partial charge in [-0.3, -0.25) is 0 Å². The van der Waals surface area contributed by atoms with Crippen molar-refractivity contribution >= 4 is 5.97 Å². The molecule has 0 fully saturated rings. The van der Waals surface area contributed by atoms with E-state index in [1.54, 1.807) is 6.92 Å². The molecule has 0 aromatic carbocycles. The monoisotopic (exact) mass is 215 g/mol. The zero-order valence-electron chi connectivity index (χ0n) is 9.80. The van der Waals surface area contributed by atoms with E-state index in [1.165, 1.54) is 0 Å². The third kappa shape index (κ3) is 4.95. The largest absolute Gasteiger partial charge is 0.463 e. The predicted molar refractivity (Wildman–Crippen MR) is 59.6 cm³/mol. The van der Waals surface area contributed by atoms with Crippen LogP contribution in [0.1, 0.15) is 27.2 Å². The van der Waals surface area contributed by atoms with Gasteiger partial charge >= 0.3 is 5.97 Å². The SMILES string of the molecule is C=C(CNC(C)(CC)CO)C(=O)OCC. The molecule has 0 saturated carbocycles. The van der Waals surface area contributed by atoms with Gasteiger partial charge in [-0.1, -0.05) is 13.5 Å². The molecule has 0 heterocycles. The predicted octanol–water partition coefficient (Wildman–Crippen LogP) is 0.856. The number of aliphatic hydroxyl groups is 1. The van der Waals surface area contributed by atoms with E-state index >= 15 is 0 Å². The number of carbonyl (C=O) groups is 1. The van der Waals surface area contributed by atoms with Crippen molar-refractivity contribution in [2.24, 2.45) is 0 Å². The summed E-state index contributed by atoms with van der Waals surface area (Å²) in [6, 6.07) is 0. The fraction of sp³-hybridized carbons (Fsp3) is 0.727. The summed E-state index contributed by atoms with van der Waals surface area (Å²) in [5, 5.41) is 12.2. The van der Waals surface area contributed by atoms with Gasteiger partial charge in [-0.25, -0.2) is 4.79 Å². The highest BCUT2D eigenvalue weighted by Crippen LogP contribution is 2.08. The minimum Gasteiger partial charge on any atom is -0.463 e. The Labute approximate surface area is 91.3 Å². The van der Waals surface area contributed by atoms with Crippen molar-refractivity contribution in [2.45, 2.75) is 32.7 Å². The first-order chi connectivity index (χ1) is 6.99. The van der Waals surface area contributed by atoms with Crippen molar-refractivity contribution in [3.8, 4) is 0 Å². The summed E-state index contributed by atoms with van der Waals surface area (Å²) in [5.74, 6) is -0.388. The van der Waals surface area contributed by atoms with E-state index in [0.29, 0.717) is 18.7 Å². The van der Waals surface area contributed by atoms with Gasteiger partial charge in [0.05, 0.1) is 13.2 Å². The van der Waals surface area contributed by atoms with E-state index < -0.39 is 0 Å². The van der Waals surface area contributed by atoms with Crippen molar-refractivity contribution in [3.05, 3.63) is 12.2 Å². The topological polar surface area (TPSA) is 58.6 Å². The number of hydrogen-bond donors (Lipinski definition) is 2. The quantitative estimate of drug-likeness (QED) is 0.488. The molecule has 0 spiro atoms. The van der Waals surface area contributed by atoms with Crippen molar-refractivity contribution in [3.63, 3.8) is 0 Å². The van der Waals surface area contributed by atoms with Crippen LogP contribution < -0.4 is 5.32 Å². The third-order valence-electron chi connectivity index (χ3n) is 2.42. The lowest BCUT2D eigenvalue weighted by atomic mass is 10.00. The van der Waals surface area contributed by atoms with Crippen LogP contribution in [0.4, 0.5) is 0 Å². The van der Waals surface area contributed by atoms with Gasteiger partial charge in [0.15, 0.2) is 0 Å². The molecule has 88 valence electrons. The van der Waals surface area contributed by atoms with Gasteiger partial charge in [-0.15, -0.1) is 0 Å². The Hall–Kier alpha value is -0.870. The van der Waals surface area contributed by atoms with E-state index in [4.69, 9.17) is 9.84 Å². The molecule has 4 heteroatoms. The Morgan fingerprint density at radius 1 is 1.53 bits per heavy atom. The number of hydrogen-bond acceptors (Lipinski definition) is 4. The number of aliphatic hydroxyl groups excluding tert-OH is 1. The van der Waals surface area contributed by atoms with Crippen molar-refractivity contribution in [1.82, 2.24) is 5.32 Å². The lowest BCUT2D eigenvalue weighted by Crippen LogP contribution is -2.46. The molecule has 1 unspecified atom stereocenters. The minimum atomic E-state index is -0.388. The first kappa shape index (κ1) is 14.1. The normalized spacial score (nSPS) is 14.4. The summed E-state index contributed by atoms with van der Waals surface area (Å²) in [6.07, 6.45) is 0.777. The molecule has 0 bridgehead atoms. The minimum absolute atomic E-state index is 0.0274. The Morgan fingerprint density at radius 2 is 2.13 bits per heavy atom. The molecule has 1 atom stereocenters. The molecule has 0 aliphatic carbocycles. The Morgan fingerprint density at radius 3 is 2.53 bits per heavy atom. The summed E-state index contributed by atoms with van der Waals surface area (Å²) in [6.45, 7) is 9.96. The summed E-state index contributed by atoms with van der Waals surface area (Å²) < 4.78 is 4.80. The second-order valence-corrected chi connectivity index (χ2v) is 3.75. The zero-order valence-corrected chi connectivity index (χ0v) is 9.80. The number of rotatable bonds is 7. The van der Waals surface area contributed by atoms with Crippen LogP contribution in [0.25, 0.3) is 0 Å². The number of nitrogens with one attached hydrogen (secondary N) is 1. The number of carbonyl (C=O) groups excluding carboxylic acids is 1. The van der Waals surface area contributed by atoms with Crippen molar-refractivity contribution in [1.29, 1.82) is 0 Å². The average molecular weight is 215 g/mol. The number of esters is 1. The number of ether oxygens (including phenoxy) is 1. The molecule has 0 radical (unpaired) electrons. The van der Waals surface area contributed by atoms with Crippen LogP contribution in [0, 0.1) is 0 Å². The van der Waals surface area contributed by atoms with Crippen molar-refractivity contribution < 1.29 is 14.6 Å². The summed E-state index contributed by atoms with van der Waals surface area (Å²) in [4.78, 5) is 11.2. The molecule has 0 amide bonds. The van der Waals surface area contributed by atoms with Crippen molar-refractivity contribution in [2.75, 3.05) is 19.8 Å². The fourth-order valence-electron chi connectivity index (χ4n) is 0.918. The first-order valence-electron chi connectivity index (χ1n) is 5.20. The lowest BCUT2D eigenvalue weighted by Gasteiger charge is -2.27. The molecule has 0 rings (SSSR count). The van der Waals surface area contributed by atoms with Crippen LogP contribution in [-0.2, 0) is 9.53 Å². The molecule has 2 N–H and O–H groups in total. The highest BCUT2D eigenvalue weighted by molar-refractivity contribution is 5.88. The van der Waals surface area contributed by atoms with Crippen LogP contribution in [0.5, 0.6) is 0 Å². The van der Waals surface area contributed by atoms with Gasteiger partial charge in [-0.2, -0.15) is 0 Å². The third-order valence-corrected chi connectivity index (χ3v) is 2.42. The van der Waals surface area contributed by atoms with Gasteiger partial charge in [0, 0.05) is 17.7 Å². The maximum absolute atomic E-state index is 11.2. The van der Waals surface area contributed by atoms with E-state index in [0.717, 1.165) is 6.42 Å². The van der Waals surface area contributed by atoms with Crippen LogP contribution in [-0.4, -0.2) is 36.4 Å². The molecule has 0 aromatic rings. The summed E-state index contributed by atoms with van der Waals surface area (Å²) >= 11 is 0. The molecule has 0 aliphatic rings. The molecule has 4 nitrogen and oxygen atoms in total. The van der Waals surface area contributed by atoms with Crippen LogP contribution in [0.15, 0.2) is 12.2 Å². The van der Waals surface area contributed by atoms with Gasteiger partial charge in [0.1, 0.15) is 0 Å². The van der Waals surface area contributed by atoms with Gasteiger partial charge in [-0.05, 0) is 20.3 Å². The maximum atomic E-state index is 11.2. The average Bonchev–Trinajstić information content (AvgIpc) is 2.25.